The van der Waals surface area contributed by atoms with Gasteiger partial charge in [0.2, 0.25) is 0 Å². The number of imide groups is 2. The van der Waals surface area contributed by atoms with E-state index in [1.165, 1.54) is 24.3 Å². The summed E-state index contributed by atoms with van der Waals surface area (Å²) in [6, 6.07) is 23.1. The number of nitrogens with zero attached hydrogens (tertiary/aromatic N) is 1. The van der Waals surface area contributed by atoms with Gasteiger partial charge in [-0.25, -0.2) is 14.1 Å². The minimum Gasteiger partial charge on any atom is -0.490 e. The third kappa shape index (κ3) is 4.97. The zero-order valence-corrected chi connectivity index (χ0v) is 20.4. The van der Waals surface area contributed by atoms with Crippen LogP contribution >= 0.6 is 0 Å². The molecule has 0 aliphatic carbocycles. The summed E-state index contributed by atoms with van der Waals surface area (Å²) in [7, 11) is 0. The Bertz CT molecular complexity index is 1590. The quantitative estimate of drug-likeness (QED) is 0.258. The highest BCUT2D eigenvalue weighted by molar-refractivity contribution is 6.39. The van der Waals surface area contributed by atoms with Crippen molar-refractivity contribution in [2.45, 2.75) is 13.5 Å². The number of benzene rings is 4. The van der Waals surface area contributed by atoms with Crippen LogP contribution in [0.5, 0.6) is 11.5 Å². The molecule has 4 aromatic rings. The van der Waals surface area contributed by atoms with Gasteiger partial charge >= 0.3 is 6.03 Å². The number of carbonyl (C=O) groups excluding carboxylic acids is 3. The van der Waals surface area contributed by atoms with Crippen LogP contribution in [0.15, 0.2) is 90.5 Å². The van der Waals surface area contributed by atoms with Gasteiger partial charge in [0.1, 0.15) is 18.0 Å². The highest BCUT2D eigenvalue weighted by Gasteiger charge is 2.37. The number of hydrogen-bond donors (Lipinski definition) is 1. The molecular weight excluding hydrogens is 487 g/mol. The zero-order valence-electron chi connectivity index (χ0n) is 20.4. The van der Waals surface area contributed by atoms with Crippen molar-refractivity contribution >= 4 is 40.4 Å². The highest BCUT2D eigenvalue weighted by Crippen LogP contribution is 2.32. The van der Waals surface area contributed by atoms with Crippen LogP contribution in [-0.4, -0.2) is 24.5 Å². The Morgan fingerprint density at radius 3 is 2.47 bits per heavy atom. The van der Waals surface area contributed by atoms with E-state index in [1.807, 2.05) is 49.4 Å². The van der Waals surface area contributed by atoms with E-state index < -0.39 is 23.7 Å². The molecule has 1 saturated heterocycles. The molecule has 190 valence electrons. The van der Waals surface area contributed by atoms with E-state index in [0.29, 0.717) is 30.3 Å². The second kappa shape index (κ2) is 10.6. The van der Waals surface area contributed by atoms with Crippen LogP contribution in [0.2, 0.25) is 0 Å². The fraction of sp³-hybridized carbons (Fsp3) is 0.100. The molecule has 1 aliphatic rings. The van der Waals surface area contributed by atoms with Crippen molar-refractivity contribution in [3.8, 4) is 11.5 Å². The Morgan fingerprint density at radius 1 is 0.868 bits per heavy atom. The summed E-state index contributed by atoms with van der Waals surface area (Å²) >= 11 is 0. The van der Waals surface area contributed by atoms with E-state index in [9.17, 15) is 18.8 Å². The lowest BCUT2D eigenvalue weighted by Gasteiger charge is -2.26. The average Bonchev–Trinajstić information content (AvgIpc) is 2.91. The molecule has 0 aromatic heterocycles. The van der Waals surface area contributed by atoms with Gasteiger partial charge in [-0.3, -0.25) is 14.9 Å². The van der Waals surface area contributed by atoms with E-state index in [-0.39, 0.29) is 11.3 Å². The summed E-state index contributed by atoms with van der Waals surface area (Å²) in [5.41, 5.74) is 1.24. The molecule has 38 heavy (non-hydrogen) atoms. The number of nitrogens with one attached hydrogen (secondary N) is 1. The lowest BCUT2D eigenvalue weighted by Crippen LogP contribution is -2.54. The number of rotatable bonds is 7. The smallest absolute Gasteiger partial charge is 0.335 e. The van der Waals surface area contributed by atoms with Gasteiger partial charge in [0.15, 0.2) is 11.5 Å². The summed E-state index contributed by atoms with van der Waals surface area (Å²) in [5, 5.41) is 4.34. The first-order valence-electron chi connectivity index (χ1n) is 12.0. The molecular formula is C30H23FN2O5. The molecule has 0 saturated carbocycles. The topological polar surface area (TPSA) is 84.9 Å². The standard InChI is InChI=1S/C30H23FN2O5/c1-2-37-27-16-19(13-14-26(27)38-18-21-9-5-8-20-7-3-4-12-24(20)21)15-25-28(34)32-30(36)33(29(25)35)23-11-6-10-22(31)17-23/h3-17H,2,18H2,1H3,(H,32,34,36)/b25-15+. The molecule has 7 nitrogen and oxygen atoms in total. The first kappa shape index (κ1) is 24.7. The number of anilines is 1. The maximum absolute atomic E-state index is 13.7. The first-order chi connectivity index (χ1) is 18.4. The number of halogens is 1. The van der Waals surface area contributed by atoms with E-state index in [0.717, 1.165) is 27.3 Å². The van der Waals surface area contributed by atoms with Crippen LogP contribution in [0.4, 0.5) is 14.9 Å². The maximum Gasteiger partial charge on any atom is 0.335 e. The maximum atomic E-state index is 13.7. The molecule has 4 aromatic carbocycles. The van der Waals surface area contributed by atoms with Crippen molar-refractivity contribution in [3.05, 3.63) is 107 Å². The third-order valence-corrected chi connectivity index (χ3v) is 6.01. The second-order valence-electron chi connectivity index (χ2n) is 8.50. The summed E-state index contributed by atoms with van der Waals surface area (Å²) in [6.07, 6.45) is 1.35. The number of fused-ring (bicyclic) bond motifs is 1. The zero-order chi connectivity index (χ0) is 26.6. The van der Waals surface area contributed by atoms with Crippen LogP contribution in [0.25, 0.3) is 16.8 Å². The van der Waals surface area contributed by atoms with Crippen molar-refractivity contribution in [3.63, 3.8) is 0 Å². The summed E-state index contributed by atoms with van der Waals surface area (Å²) in [5.74, 6) is -1.40. The minimum absolute atomic E-state index is 0.0121. The van der Waals surface area contributed by atoms with Crippen LogP contribution in [0, 0.1) is 5.82 Å². The molecule has 1 aliphatic heterocycles. The van der Waals surface area contributed by atoms with Gasteiger partial charge in [-0.05, 0) is 65.2 Å². The van der Waals surface area contributed by atoms with Gasteiger partial charge in [-0.2, -0.15) is 0 Å². The van der Waals surface area contributed by atoms with E-state index >= 15 is 0 Å². The van der Waals surface area contributed by atoms with Gasteiger partial charge in [0, 0.05) is 0 Å². The van der Waals surface area contributed by atoms with Gasteiger partial charge in [0.05, 0.1) is 12.3 Å². The van der Waals surface area contributed by atoms with Crippen molar-refractivity contribution in [2.75, 3.05) is 11.5 Å². The number of carbonyl (C=O) groups is 3. The van der Waals surface area contributed by atoms with Gasteiger partial charge in [0.25, 0.3) is 11.8 Å². The lowest BCUT2D eigenvalue weighted by molar-refractivity contribution is -0.122. The molecule has 1 fully saturated rings. The van der Waals surface area contributed by atoms with Crippen LogP contribution in [0.3, 0.4) is 0 Å². The third-order valence-electron chi connectivity index (χ3n) is 6.01. The predicted molar refractivity (Wildman–Crippen MR) is 141 cm³/mol. The van der Waals surface area contributed by atoms with Crippen LogP contribution < -0.4 is 19.7 Å². The van der Waals surface area contributed by atoms with Gasteiger partial charge in [-0.1, -0.05) is 54.6 Å². The molecule has 4 amide bonds. The van der Waals surface area contributed by atoms with E-state index in [2.05, 4.69) is 5.32 Å². The molecule has 8 heteroatoms. The molecule has 1 heterocycles. The van der Waals surface area contributed by atoms with Crippen molar-refractivity contribution in [1.82, 2.24) is 5.32 Å². The average molecular weight is 511 g/mol. The summed E-state index contributed by atoms with van der Waals surface area (Å²) in [4.78, 5) is 38.7. The number of hydrogen-bond acceptors (Lipinski definition) is 5. The lowest BCUT2D eigenvalue weighted by atomic mass is 10.1. The Morgan fingerprint density at radius 2 is 1.66 bits per heavy atom. The fourth-order valence-electron chi connectivity index (χ4n) is 4.25. The molecule has 0 unspecified atom stereocenters. The van der Waals surface area contributed by atoms with Crippen molar-refractivity contribution in [1.29, 1.82) is 0 Å². The number of barbiturate groups is 1. The normalized spacial score (nSPS) is 14.6. The molecule has 0 atom stereocenters. The number of ether oxygens (including phenoxy) is 2. The Kier molecular flexibility index (Phi) is 6.86. The van der Waals surface area contributed by atoms with Crippen LogP contribution in [0.1, 0.15) is 18.1 Å². The molecule has 0 bridgehead atoms. The SMILES string of the molecule is CCOc1cc(/C=C2\C(=O)NC(=O)N(c3cccc(F)c3)C2=O)ccc1OCc1cccc2ccccc12. The van der Waals surface area contributed by atoms with Crippen LogP contribution in [-0.2, 0) is 16.2 Å². The number of urea groups is 1. The second-order valence-corrected chi connectivity index (χ2v) is 8.50. The Balaban J connectivity index is 1.42. The Hall–Kier alpha value is -4.98. The van der Waals surface area contributed by atoms with Gasteiger partial charge in [-0.15, -0.1) is 0 Å². The Labute approximate surface area is 218 Å². The molecule has 0 radical (unpaired) electrons. The first-order valence-corrected chi connectivity index (χ1v) is 12.0. The van der Waals surface area contributed by atoms with E-state index in [4.69, 9.17) is 9.47 Å². The number of amides is 4. The minimum atomic E-state index is -0.949. The van der Waals surface area contributed by atoms with Crippen molar-refractivity contribution in [2.24, 2.45) is 0 Å². The summed E-state index contributed by atoms with van der Waals surface area (Å²) in [6.45, 7) is 2.51. The molecule has 0 spiro atoms. The predicted octanol–water partition coefficient (Wildman–Crippen LogP) is 5.62. The van der Waals surface area contributed by atoms with Gasteiger partial charge < -0.3 is 9.47 Å². The molecule has 5 rings (SSSR count). The van der Waals surface area contributed by atoms with E-state index in [1.54, 1.807) is 18.2 Å². The monoisotopic (exact) mass is 510 g/mol. The van der Waals surface area contributed by atoms with Crippen molar-refractivity contribution < 1.29 is 28.2 Å². The largest absolute Gasteiger partial charge is 0.490 e. The fourth-order valence-corrected chi connectivity index (χ4v) is 4.25. The highest BCUT2D eigenvalue weighted by atomic mass is 19.1. The summed E-state index contributed by atoms with van der Waals surface area (Å²) < 4.78 is 25.6. The molecule has 1 N–H and O–H groups in total.